The van der Waals surface area contributed by atoms with E-state index in [1.807, 2.05) is 6.07 Å². The van der Waals surface area contributed by atoms with Gasteiger partial charge >= 0.3 is 0 Å². The van der Waals surface area contributed by atoms with Gasteiger partial charge in [-0.15, -0.1) is 0 Å². The fourth-order valence-electron chi connectivity index (χ4n) is 2.77. The summed E-state index contributed by atoms with van der Waals surface area (Å²) in [4.78, 5) is 2.37. The molecule has 1 atom stereocenters. The number of methoxy groups -OCH3 is 2. The van der Waals surface area contributed by atoms with E-state index in [1.54, 1.807) is 14.2 Å². The lowest BCUT2D eigenvalue weighted by molar-refractivity contribution is 0.288. The van der Waals surface area contributed by atoms with Crippen molar-refractivity contribution in [2.45, 2.75) is 12.3 Å². The SMILES string of the molecule is COc1ccc(C2(C)CNCCN(C)C2)cc1OC. The van der Waals surface area contributed by atoms with Crippen LogP contribution in [-0.4, -0.2) is 52.3 Å². The van der Waals surface area contributed by atoms with E-state index in [2.05, 4.69) is 36.3 Å². The maximum atomic E-state index is 5.41. The zero-order valence-electron chi connectivity index (χ0n) is 12.3. The van der Waals surface area contributed by atoms with Crippen LogP contribution in [0.1, 0.15) is 12.5 Å². The van der Waals surface area contributed by atoms with Crippen LogP contribution in [0, 0.1) is 0 Å². The van der Waals surface area contributed by atoms with E-state index < -0.39 is 0 Å². The lowest BCUT2D eigenvalue weighted by Crippen LogP contribution is -2.39. The number of likely N-dealkylation sites (N-methyl/N-ethyl adjacent to an activating group) is 1. The number of hydrogen-bond acceptors (Lipinski definition) is 4. The van der Waals surface area contributed by atoms with Crippen LogP contribution in [0.25, 0.3) is 0 Å². The largest absolute Gasteiger partial charge is 0.493 e. The maximum Gasteiger partial charge on any atom is 0.161 e. The van der Waals surface area contributed by atoms with Crippen LogP contribution in [0.3, 0.4) is 0 Å². The summed E-state index contributed by atoms with van der Waals surface area (Å²) in [6, 6.07) is 6.23. The van der Waals surface area contributed by atoms with E-state index in [0.717, 1.165) is 37.7 Å². The fraction of sp³-hybridized carbons (Fsp3) is 0.600. The molecule has 4 heteroatoms. The number of nitrogens with zero attached hydrogens (tertiary/aromatic N) is 1. The standard InChI is InChI=1S/C15H24N2O2/c1-15(10-16-7-8-17(2)11-15)12-5-6-13(18-3)14(9-12)19-4/h5-6,9,16H,7-8,10-11H2,1-4H3. The minimum atomic E-state index is 0.0881. The molecule has 19 heavy (non-hydrogen) atoms. The summed E-state index contributed by atoms with van der Waals surface area (Å²) in [5, 5.41) is 3.52. The molecule has 1 aliphatic rings. The van der Waals surface area contributed by atoms with Crippen molar-refractivity contribution in [1.29, 1.82) is 0 Å². The van der Waals surface area contributed by atoms with Gasteiger partial charge < -0.3 is 19.7 Å². The average Bonchev–Trinajstić information content (AvgIpc) is 2.59. The summed E-state index contributed by atoms with van der Waals surface area (Å²) in [5.41, 5.74) is 1.37. The molecule has 0 aliphatic carbocycles. The molecule has 0 aromatic heterocycles. The first kappa shape index (κ1) is 14.2. The Balaban J connectivity index is 2.33. The molecule has 106 valence electrons. The normalized spacial score (nSPS) is 24.8. The first-order valence-electron chi connectivity index (χ1n) is 6.71. The Bertz CT molecular complexity index is 436. The van der Waals surface area contributed by atoms with E-state index >= 15 is 0 Å². The Hall–Kier alpha value is -1.26. The van der Waals surface area contributed by atoms with Crippen LogP contribution in [0.5, 0.6) is 11.5 Å². The number of ether oxygens (including phenoxy) is 2. The molecule has 2 rings (SSSR count). The van der Waals surface area contributed by atoms with Crippen molar-refractivity contribution in [3.63, 3.8) is 0 Å². The van der Waals surface area contributed by atoms with Crippen LogP contribution in [0.4, 0.5) is 0 Å². The highest BCUT2D eigenvalue weighted by atomic mass is 16.5. The van der Waals surface area contributed by atoms with Crippen molar-refractivity contribution in [1.82, 2.24) is 10.2 Å². The molecule has 1 heterocycles. The van der Waals surface area contributed by atoms with E-state index in [-0.39, 0.29) is 5.41 Å². The third kappa shape index (κ3) is 3.01. The van der Waals surface area contributed by atoms with Crippen molar-refractivity contribution in [3.8, 4) is 11.5 Å². The molecule has 0 saturated carbocycles. The highest BCUT2D eigenvalue weighted by molar-refractivity contribution is 5.45. The van der Waals surface area contributed by atoms with Gasteiger partial charge in [0.05, 0.1) is 14.2 Å². The van der Waals surface area contributed by atoms with Gasteiger partial charge in [-0.3, -0.25) is 0 Å². The average molecular weight is 264 g/mol. The van der Waals surface area contributed by atoms with Gasteiger partial charge in [0, 0.05) is 31.6 Å². The lowest BCUT2D eigenvalue weighted by Gasteiger charge is -2.32. The number of rotatable bonds is 3. The Kier molecular flexibility index (Phi) is 4.32. The van der Waals surface area contributed by atoms with E-state index in [4.69, 9.17) is 9.47 Å². The highest BCUT2D eigenvalue weighted by Gasteiger charge is 2.30. The van der Waals surface area contributed by atoms with Gasteiger partial charge in [-0.2, -0.15) is 0 Å². The molecule has 1 aromatic carbocycles. The summed E-state index contributed by atoms with van der Waals surface area (Å²) in [7, 11) is 5.52. The van der Waals surface area contributed by atoms with Crippen molar-refractivity contribution in [2.24, 2.45) is 0 Å². The molecule has 0 spiro atoms. The highest BCUT2D eigenvalue weighted by Crippen LogP contribution is 2.33. The predicted octanol–water partition coefficient (Wildman–Crippen LogP) is 1.50. The zero-order chi connectivity index (χ0) is 13.9. The van der Waals surface area contributed by atoms with Crippen LogP contribution in [0.2, 0.25) is 0 Å². The van der Waals surface area contributed by atoms with Gasteiger partial charge in [0.25, 0.3) is 0 Å². The van der Waals surface area contributed by atoms with Crippen molar-refractivity contribution >= 4 is 0 Å². The third-order valence-electron chi connectivity index (χ3n) is 3.88. The summed E-state index contributed by atoms with van der Waals surface area (Å²) in [5.74, 6) is 1.58. The second kappa shape index (κ2) is 5.80. The zero-order valence-corrected chi connectivity index (χ0v) is 12.3. The number of nitrogens with one attached hydrogen (secondary N) is 1. The molecule has 0 radical (unpaired) electrons. The van der Waals surface area contributed by atoms with Crippen molar-refractivity contribution in [3.05, 3.63) is 23.8 Å². The molecule has 1 aromatic rings. The molecule has 1 unspecified atom stereocenters. The third-order valence-corrected chi connectivity index (χ3v) is 3.88. The van der Waals surface area contributed by atoms with E-state index in [9.17, 15) is 0 Å². The molecule has 4 nitrogen and oxygen atoms in total. The van der Waals surface area contributed by atoms with Gasteiger partial charge in [-0.05, 0) is 24.7 Å². The first-order chi connectivity index (χ1) is 9.09. The first-order valence-corrected chi connectivity index (χ1v) is 6.71. The van der Waals surface area contributed by atoms with Crippen LogP contribution in [-0.2, 0) is 5.41 Å². The molecular weight excluding hydrogens is 240 g/mol. The maximum absolute atomic E-state index is 5.41. The van der Waals surface area contributed by atoms with Crippen molar-refractivity contribution < 1.29 is 9.47 Å². The van der Waals surface area contributed by atoms with Crippen LogP contribution in [0.15, 0.2) is 18.2 Å². The summed E-state index contributed by atoms with van der Waals surface area (Å²) in [6.07, 6.45) is 0. The molecule has 0 amide bonds. The Morgan fingerprint density at radius 3 is 2.63 bits per heavy atom. The van der Waals surface area contributed by atoms with Crippen molar-refractivity contribution in [2.75, 3.05) is 47.4 Å². The molecule has 1 aliphatic heterocycles. The summed E-state index contributed by atoms with van der Waals surface area (Å²) < 4.78 is 10.7. The summed E-state index contributed by atoms with van der Waals surface area (Å²) >= 11 is 0. The Morgan fingerprint density at radius 2 is 1.95 bits per heavy atom. The van der Waals surface area contributed by atoms with E-state index in [0.29, 0.717) is 0 Å². The number of benzene rings is 1. The Labute approximate surface area is 115 Å². The second-order valence-electron chi connectivity index (χ2n) is 5.54. The quantitative estimate of drug-likeness (QED) is 0.897. The minimum absolute atomic E-state index is 0.0881. The van der Waals surface area contributed by atoms with Gasteiger partial charge in [-0.25, -0.2) is 0 Å². The Morgan fingerprint density at radius 1 is 1.21 bits per heavy atom. The predicted molar refractivity (Wildman–Crippen MR) is 77.3 cm³/mol. The van der Waals surface area contributed by atoms with Gasteiger partial charge in [0.2, 0.25) is 0 Å². The van der Waals surface area contributed by atoms with Crippen LogP contribution >= 0.6 is 0 Å². The van der Waals surface area contributed by atoms with Gasteiger partial charge in [0.15, 0.2) is 11.5 Å². The van der Waals surface area contributed by atoms with Gasteiger partial charge in [-0.1, -0.05) is 13.0 Å². The topological polar surface area (TPSA) is 33.7 Å². The number of hydrogen-bond donors (Lipinski definition) is 1. The molecule has 0 bridgehead atoms. The molecular formula is C15H24N2O2. The minimum Gasteiger partial charge on any atom is -0.493 e. The van der Waals surface area contributed by atoms with E-state index in [1.165, 1.54) is 5.56 Å². The van der Waals surface area contributed by atoms with Gasteiger partial charge in [0.1, 0.15) is 0 Å². The summed E-state index contributed by atoms with van der Waals surface area (Å²) in [6.45, 7) is 6.44. The molecule has 1 N–H and O–H groups in total. The van der Waals surface area contributed by atoms with Crippen LogP contribution < -0.4 is 14.8 Å². The molecule has 1 fully saturated rings. The second-order valence-corrected chi connectivity index (χ2v) is 5.54. The fourth-order valence-corrected chi connectivity index (χ4v) is 2.77. The molecule has 1 saturated heterocycles. The monoisotopic (exact) mass is 264 g/mol. The smallest absolute Gasteiger partial charge is 0.161 e. The lowest BCUT2D eigenvalue weighted by atomic mass is 9.82.